The normalized spacial score (nSPS) is 14.7. The second-order valence-electron chi connectivity index (χ2n) is 5.62. The molecule has 4 rings (SSSR count). The van der Waals surface area contributed by atoms with Crippen LogP contribution in [0.2, 0.25) is 0 Å². The summed E-state index contributed by atoms with van der Waals surface area (Å²) in [5.74, 6) is 1.87. The van der Waals surface area contributed by atoms with Gasteiger partial charge in [0, 0.05) is 35.8 Å². The van der Waals surface area contributed by atoms with Crippen molar-refractivity contribution in [2.75, 3.05) is 5.73 Å². The molecule has 0 radical (unpaired) electrons. The van der Waals surface area contributed by atoms with Crippen LogP contribution in [0.3, 0.4) is 0 Å². The molecule has 0 aliphatic heterocycles. The first kappa shape index (κ1) is 12.4. The third-order valence-electron chi connectivity index (χ3n) is 4.17. The maximum Gasteiger partial charge on any atom is 0.132 e. The topological polar surface area (TPSA) is 56.7 Å². The monoisotopic (exact) mass is 278 g/mol. The maximum absolute atomic E-state index is 6.42. The molecule has 0 amide bonds. The smallest absolute Gasteiger partial charge is 0.132 e. The summed E-state index contributed by atoms with van der Waals surface area (Å²) in [6, 6.07) is 8.79. The van der Waals surface area contributed by atoms with Crippen molar-refractivity contribution in [1.82, 2.24) is 14.5 Å². The number of anilines is 1. The minimum atomic E-state index is 0.545. The number of nitrogens with two attached hydrogens (primary N) is 1. The summed E-state index contributed by atoms with van der Waals surface area (Å²) >= 11 is 0. The fourth-order valence-corrected chi connectivity index (χ4v) is 2.99. The van der Waals surface area contributed by atoms with Crippen LogP contribution in [0.15, 0.2) is 36.7 Å². The van der Waals surface area contributed by atoms with Gasteiger partial charge < -0.3 is 10.3 Å². The lowest BCUT2D eigenvalue weighted by atomic mass is 10.1. The van der Waals surface area contributed by atoms with E-state index < -0.39 is 0 Å². The van der Waals surface area contributed by atoms with Crippen molar-refractivity contribution >= 4 is 16.6 Å². The molecule has 4 nitrogen and oxygen atoms in total. The van der Waals surface area contributed by atoms with Gasteiger partial charge in [-0.1, -0.05) is 31.2 Å². The predicted molar refractivity (Wildman–Crippen MR) is 85.0 cm³/mol. The van der Waals surface area contributed by atoms with E-state index >= 15 is 0 Å². The highest BCUT2D eigenvalue weighted by Crippen LogP contribution is 2.41. The third kappa shape index (κ3) is 1.90. The van der Waals surface area contributed by atoms with Crippen LogP contribution >= 0.6 is 0 Å². The summed E-state index contributed by atoms with van der Waals surface area (Å²) in [6.45, 7) is 2.13. The molecule has 0 bridgehead atoms. The minimum Gasteiger partial charge on any atom is -0.383 e. The number of pyridine rings is 1. The molecule has 1 aromatic carbocycles. The third-order valence-corrected chi connectivity index (χ3v) is 4.17. The van der Waals surface area contributed by atoms with Crippen LogP contribution in [0.1, 0.15) is 31.6 Å². The molecular weight excluding hydrogens is 260 g/mol. The van der Waals surface area contributed by atoms with Gasteiger partial charge in [0.25, 0.3) is 0 Å². The van der Waals surface area contributed by atoms with Gasteiger partial charge in [0.05, 0.1) is 0 Å². The lowest BCUT2D eigenvalue weighted by Gasteiger charge is -2.07. The van der Waals surface area contributed by atoms with Gasteiger partial charge >= 0.3 is 0 Å². The summed E-state index contributed by atoms with van der Waals surface area (Å²) in [5, 5.41) is 2.27. The van der Waals surface area contributed by atoms with Crippen LogP contribution in [0, 0.1) is 0 Å². The number of fused-ring (bicyclic) bond motifs is 1. The van der Waals surface area contributed by atoms with E-state index in [0.29, 0.717) is 6.04 Å². The Balaban J connectivity index is 1.97. The molecule has 21 heavy (non-hydrogen) atoms. The standard InChI is InChI=1S/C17H18N4/c1-2-15-20-16(17(18)21(15)12-7-8-12)14-10-19-9-11-5-3-4-6-13(11)14/h3-6,9-10,12H,2,7-8,18H2,1H3. The van der Waals surface area contributed by atoms with Gasteiger partial charge in [-0.25, -0.2) is 4.98 Å². The van der Waals surface area contributed by atoms with Gasteiger partial charge in [0.15, 0.2) is 0 Å². The Morgan fingerprint density at radius 3 is 2.81 bits per heavy atom. The van der Waals surface area contributed by atoms with E-state index in [1.165, 1.54) is 12.8 Å². The van der Waals surface area contributed by atoms with Gasteiger partial charge in [0.2, 0.25) is 0 Å². The highest BCUT2D eigenvalue weighted by atomic mass is 15.2. The summed E-state index contributed by atoms with van der Waals surface area (Å²) in [7, 11) is 0. The summed E-state index contributed by atoms with van der Waals surface area (Å²) < 4.78 is 2.22. The van der Waals surface area contributed by atoms with Crippen molar-refractivity contribution in [3.05, 3.63) is 42.5 Å². The van der Waals surface area contributed by atoms with Crippen molar-refractivity contribution in [1.29, 1.82) is 0 Å². The highest BCUT2D eigenvalue weighted by molar-refractivity contribution is 5.96. The first-order valence-corrected chi connectivity index (χ1v) is 7.49. The highest BCUT2D eigenvalue weighted by Gasteiger charge is 2.29. The Morgan fingerprint density at radius 1 is 1.24 bits per heavy atom. The Kier molecular flexibility index (Phi) is 2.70. The molecule has 0 saturated heterocycles. The summed E-state index contributed by atoms with van der Waals surface area (Å²) in [4.78, 5) is 9.16. The van der Waals surface area contributed by atoms with E-state index in [4.69, 9.17) is 10.7 Å². The number of rotatable bonds is 3. The maximum atomic E-state index is 6.42. The van der Waals surface area contributed by atoms with E-state index in [-0.39, 0.29) is 0 Å². The van der Waals surface area contributed by atoms with Gasteiger partial charge in [-0.15, -0.1) is 0 Å². The van der Waals surface area contributed by atoms with Gasteiger partial charge in [-0.2, -0.15) is 0 Å². The van der Waals surface area contributed by atoms with Crippen molar-refractivity contribution in [2.24, 2.45) is 0 Å². The number of hydrogen-bond acceptors (Lipinski definition) is 3. The lowest BCUT2D eigenvalue weighted by molar-refractivity contribution is 0.696. The van der Waals surface area contributed by atoms with Crippen LogP contribution in [0.25, 0.3) is 22.0 Å². The molecule has 1 saturated carbocycles. The van der Waals surface area contributed by atoms with Crippen molar-refractivity contribution < 1.29 is 0 Å². The Morgan fingerprint density at radius 2 is 2.05 bits per heavy atom. The first-order chi connectivity index (χ1) is 10.3. The molecule has 0 spiro atoms. The molecule has 1 aliphatic carbocycles. The van der Waals surface area contributed by atoms with Crippen molar-refractivity contribution in [3.8, 4) is 11.3 Å². The molecule has 4 heteroatoms. The molecule has 0 atom stereocenters. The molecule has 106 valence electrons. The Hall–Kier alpha value is -2.36. The zero-order chi connectivity index (χ0) is 14.4. The number of aromatic nitrogens is 3. The van der Waals surface area contributed by atoms with Crippen molar-refractivity contribution in [3.63, 3.8) is 0 Å². The molecule has 3 aromatic rings. The lowest BCUT2D eigenvalue weighted by Crippen LogP contribution is -2.04. The number of benzene rings is 1. The molecule has 2 N–H and O–H groups in total. The number of aryl methyl sites for hydroxylation is 1. The first-order valence-electron chi connectivity index (χ1n) is 7.49. The van der Waals surface area contributed by atoms with E-state index in [9.17, 15) is 0 Å². The quantitative estimate of drug-likeness (QED) is 0.796. The number of hydrogen-bond donors (Lipinski definition) is 1. The second kappa shape index (κ2) is 4.58. The zero-order valence-electron chi connectivity index (χ0n) is 12.1. The number of nitrogens with zero attached hydrogens (tertiary/aromatic N) is 3. The predicted octanol–water partition coefficient (Wildman–Crippen LogP) is 3.58. The average molecular weight is 278 g/mol. The van der Waals surface area contributed by atoms with Gasteiger partial charge in [0.1, 0.15) is 17.3 Å². The van der Waals surface area contributed by atoms with E-state index in [1.807, 2.05) is 24.5 Å². The largest absolute Gasteiger partial charge is 0.383 e. The fourth-order valence-electron chi connectivity index (χ4n) is 2.99. The fraction of sp³-hybridized carbons (Fsp3) is 0.294. The Bertz CT molecular complexity index is 810. The van der Waals surface area contributed by atoms with Crippen LogP contribution in [-0.4, -0.2) is 14.5 Å². The van der Waals surface area contributed by atoms with E-state index in [1.54, 1.807) is 0 Å². The molecular formula is C17H18N4. The van der Waals surface area contributed by atoms with Crippen LogP contribution in [-0.2, 0) is 6.42 Å². The van der Waals surface area contributed by atoms with E-state index in [2.05, 4.69) is 28.6 Å². The van der Waals surface area contributed by atoms with Gasteiger partial charge in [-0.05, 0) is 18.2 Å². The molecule has 1 fully saturated rings. The SMILES string of the molecule is CCc1nc(-c2cncc3ccccc23)c(N)n1C1CC1. The molecule has 2 aromatic heterocycles. The Labute approximate surface area is 123 Å². The zero-order valence-corrected chi connectivity index (χ0v) is 12.1. The second-order valence-corrected chi connectivity index (χ2v) is 5.62. The summed E-state index contributed by atoms with van der Waals surface area (Å²) in [5.41, 5.74) is 8.32. The molecule has 2 heterocycles. The van der Waals surface area contributed by atoms with Crippen LogP contribution < -0.4 is 5.73 Å². The van der Waals surface area contributed by atoms with Crippen LogP contribution in [0.4, 0.5) is 5.82 Å². The number of imidazole rings is 1. The number of nitrogen functional groups attached to an aromatic ring is 1. The van der Waals surface area contributed by atoms with Crippen molar-refractivity contribution in [2.45, 2.75) is 32.2 Å². The van der Waals surface area contributed by atoms with Crippen LogP contribution in [0.5, 0.6) is 0 Å². The molecule has 0 unspecified atom stereocenters. The minimum absolute atomic E-state index is 0.545. The molecule has 1 aliphatic rings. The summed E-state index contributed by atoms with van der Waals surface area (Å²) in [6.07, 6.45) is 7.08. The van der Waals surface area contributed by atoms with E-state index in [0.717, 1.165) is 40.1 Å². The van der Waals surface area contributed by atoms with Gasteiger partial charge in [-0.3, -0.25) is 4.98 Å². The average Bonchev–Trinajstić information content (AvgIpc) is 3.30.